The molecule has 1 amide bonds. The molecule has 0 spiro atoms. The average molecular weight is 311 g/mol. The molecule has 1 saturated heterocycles. The fourth-order valence-corrected chi connectivity index (χ4v) is 2.71. The van der Waals surface area contributed by atoms with Gasteiger partial charge in [-0.25, -0.2) is 4.39 Å². The van der Waals surface area contributed by atoms with Gasteiger partial charge in [0.2, 0.25) is 5.91 Å². The van der Waals surface area contributed by atoms with Gasteiger partial charge in [0.25, 0.3) is 0 Å². The van der Waals surface area contributed by atoms with Gasteiger partial charge < -0.3 is 10.6 Å². The third kappa shape index (κ3) is 2.64. The van der Waals surface area contributed by atoms with Gasteiger partial charge in [0.05, 0.1) is 16.4 Å². The highest BCUT2D eigenvalue weighted by molar-refractivity contribution is 7.87. The molecule has 104 valence electrons. The minimum Gasteiger partial charge on any atom is -0.397 e. The fraction of sp³-hybridized carbons (Fsp3) is 0.300. The number of anilines is 2. The molecule has 9 heteroatoms. The van der Waals surface area contributed by atoms with Crippen molar-refractivity contribution in [1.29, 1.82) is 0 Å². The lowest BCUT2D eigenvalue weighted by molar-refractivity contribution is -0.117. The lowest BCUT2D eigenvalue weighted by atomic mass is 10.2. The second kappa shape index (κ2) is 4.61. The zero-order valence-corrected chi connectivity index (χ0v) is 11.0. The molecule has 0 saturated carbocycles. The number of nitrogens with two attached hydrogens (primary N) is 1. The quantitative estimate of drug-likeness (QED) is 0.662. The summed E-state index contributed by atoms with van der Waals surface area (Å²) < 4.78 is 47.6. The number of nitrogens with zero attached hydrogens (tertiary/aromatic N) is 1. The molecule has 0 aliphatic carbocycles. The van der Waals surface area contributed by atoms with Crippen molar-refractivity contribution in [3.63, 3.8) is 0 Å². The molecule has 1 unspecified atom stereocenters. The molecule has 0 bridgehead atoms. The zero-order valence-electron chi connectivity index (χ0n) is 9.44. The predicted molar refractivity (Wildman–Crippen MR) is 66.6 cm³/mol. The van der Waals surface area contributed by atoms with Crippen LogP contribution in [0.2, 0.25) is 5.02 Å². The third-order valence-electron chi connectivity index (χ3n) is 2.85. The van der Waals surface area contributed by atoms with E-state index in [1.807, 2.05) is 0 Å². The lowest BCUT2D eigenvalue weighted by Crippen LogP contribution is -2.27. The van der Waals surface area contributed by atoms with E-state index < -0.39 is 33.6 Å². The van der Waals surface area contributed by atoms with Gasteiger partial charge in [0, 0.05) is 19.0 Å². The molecule has 1 atom stereocenters. The standard InChI is InChI=1S/C10H9ClF2N2O3S/c11-6-2-9(8(14)3-7(6)12)15-4-5(1-10(15)16)19(13,17)18/h2-3,5H,1,4,14H2. The largest absolute Gasteiger partial charge is 0.397 e. The van der Waals surface area contributed by atoms with E-state index in [9.17, 15) is 21.5 Å². The van der Waals surface area contributed by atoms with Crippen molar-refractivity contribution >= 4 is 39.1 Å². The molecule has 0 radical (unpaired) electrons. The maximum atomic E-state index is 13.1. The number of nitrogen functional groups attached to an aromatic ring is 1. The summed E-state index contributed by atoms with van der Waals surface area (Å²) in [6.07, 6.45) is -0.479. The van der Waals surface area contributed by atoms with E-state index in [1.165, 1.54) is 0 Å². The molecular formula is C10H9ClF2N2O3S. The van der Waals surface area contributed by atoms with E-state index in [-0.39, 0.29) is 22.9 Å². The van der Waals surface area contributed by atoms with Crippen LogP contribution < -0.4 is 10.6 Å². The van der Waals surface area contributed by atoms with Crippen LogP contribution in [0, 0.1) is 5.82 Å². The van der Waals surface area contributed by atoms with E-state index in [0.29, 0.717) is 0 Å². The highest BCUT2D eigenvalue weighted by atomic mass is 35.5. The summed E-state index contributed by atoms with van der Waals surface area (Å²) in [5.74, 6) is -1.37. The van der Waals surface area contributed by atoms with Crippen molar-refractivity contribution in [3.8, 4) is 0 Å². The van der Waals surface area contributed by atoms with Crippen LogP contribution in [-0.4, -0.2) is 26.1 Å². The number of amides is 1. The Morgan fingerprint density at radius 3 is 2.58 bits per heavy atom. The molecule has 1 fully saturated rings. The van der Waals surface area contributed by atoms with Gasteiger partial charge >= 0.3 is 10.2 Å². The highest BCUT2D eigenvalue weighted by Gasteiger charge is 2.39. The molecule has 0 aromatic heterocycles. The molecule has 1 aliphatic heterocycles. The molecule has 1 aliphatic rings. The smallest absolute Gasteiger partial charge is 0.307 e. The molecule has 1 heterocycles. The Kier molecular flexibility index (Phi) is 3.40. The van der Waals surface area contributed by atoms with Crippen LogP contribution in [0.15, 0.2) is 12.1 Å². The Morgan fingerprint density at radius 1 is 1.42 bits per heavy atom. The van der Waals surface area contributed by atoms with Crippen LogP contribution >= 0.6 is 11.6 Å². The predicted octanol–water partition coefficient (Wildman–Crippen LogP) is 1.47. The first-order valence-corrected chi connectivity index (χ1v) is 7.01. The van der Waals surface area contributed by atoms with E-state index >= 15 is 0 Å². The van der Waals surface area contributed by atoms with Gasteiger partial charge in [-0.3, -0.25) is 4.79 Å². The Labute approximate surface area is 113 Å². The summed E-state index contributed by atoms with van der Waals surface area (Å²) in [5, 5.41) is -1.70. The molecule has 2 N–H and O–H groups in total. The van der Waals surface area contributed by atoms with Crippen molar-refractivity contribution in [2.24, 2.45) is 0 Å². The van der Waals surface area contributed by atoms with E-state index in [4.69, 9.17) is 17.3 Å². The van der Waals surface area contributed by atoms with Crippen molar-refractivity contribution in [2.45, 2.75) is 11.7 Å². The Bertz CT molecular complexity index is 650. The number of carbonyl (C=O) groups excluding carboxylic acids is 1. The van der Waals surface area contributed by atoms with Gasteiger partial charge in [0.1, 0.15) is 11.1 Å². The number of benzene rings is 1. The Morgan fingerprint density at radius 2 is 2.05 bits per heavy atom. The minimum atomic E-state index is -4.82. The van der Waals surface area contributed by atoms with Crippen LogP contribution in [0.5, 0.6) is 0 Å². The summed E-state index contributed by atoms with van der Waals surface area (Å²) in [5.41, 5.74) is 5.55. The van der Waals surface area contributed by atoms with Crippen molar-refractivity contribution in [1.82, 2.24) is 0 Å². The van der Waals surface area contributed by atoms with Crippen molar-refractivity contribution in [2.75, 3.05) is 17.2 Å². The monoisotopic (exact) mass is 310 g/mol. The molecule has 2 rings (SSSR count). The second-order valence-electron chi connectivity index (χ2n) is 4.13. The molecule has 1 aromatic carbocycles. The molecule has 5 nitrogen and oxygen atoms in total. The summed E-state index contributed by atoms with van der Waals surface area (Å²) in [7, 11) is -4.82. The first-order valence-electron chi connectivity index (χ1n) is 5.18. The van der Waals surface area contributed by atoms with Crippen LogP contribution in [0.1, 0.15) is 6.42 Å². The van der Waals surface area contributed by atoms with E-state index in [1.54, 1.807) is 0 Å². The van der Waals surface area contributed by atoms with Crippen molar-refractivity contribution < 1.29 is 21.5 Å². The SMILES string of the molecule is Nc1cc(F)c(Cl)cc1N1CC(S(=O)(=O)F)CC1=O. The zero-order chi connectivity index (χ0) is 14.4. The van der Waals surface area contributed by atoms with Gasteiger partial charge in [-0.05, 0) is 6.07 Å². The summed E-state index contributed by atoms with van der Waals surface area (Å²) in [6.45, 7) is -0.371. The van der Waals surface area contributed by atoms with Crippen LogP contribution in [-0.2, 0) is 15.0 Å². The normalized spacial score (nSPS) is 20.1. The Hall–Kier alpha value is -1.41. The minimum absolute atomic E-state index is 0.0718. The number of hydrogen-bond acceptors (Lipinski definition) is 4. The topological polar surface area (TPSA) is 80.5 Å². The summed E-state index contributed by atoms with van der Waals surface area (Å²) >= 11 is 5.58. The maximum Gasteiger partial charge on any atom is 0.307 e. The number of halogens is 3. The fourth-order valence-electron chi connectivity index (χ4n) is 1.88. The van der Waals surface area contributed by atoms with E-state index in [0.717, 1.165) is 17.0 Å². The number of carbonyl (C=O) groups is 1. The van der Waals surface area contributed by atoms with Crippen LogP contribution in [0.4, 0.5) is 19.7 Å². The van der Waals surface area contributed by atoms with E-state index in [2.05, 4.69) is 0 Å². The second-order valence-corrected chi connectivity index (χ2v) is 6.16. The first-order chi connectivity index (χ1) is 8.70. The molecule has 19 heavy (non-hydrogen) atoms. The van der Waals surface area contributed by atoms with Gasteiger partial charge in [0.15, 0.2) is 0 Å². The number of hydrogen-bond donors (Lipinski definition) is 1. The summed E-state index contributed by atoms with van der Waals surface area (Å²) in [6, 6.07) is 2.03. The third-order valence-corrected chi connectivity index (χ3v) is 4.25. The average Bonchev–Trinajstić information content (AvgIpc) is 2.65. The molecule has 1 aromatic rings. The lowest BCUT2D eigenvalue weighted by Gasteiger charge is -2.18. The van der Waals surface area contributed by atoms with Crippen LogP contribution in [0.3, 0.4) is 0 Å². The van der Waals surface area contributed by atoms with Gasteiger partial charge in [-0.2, -0.15) is 8.42 Å². The van der Waals surface area contributed by atoms with Crippen LogP contribution in [0.25, 0.3) is 0 Å². The van der Waals surface area contributed by atoms with Gasteiger partial charge in [-0.15, -0.1) is 3.89 Å². The Balaban J connectivity index is 2.39. The summed E-state index contributed by atoms with van der Waals surface area (Å²) in [4.78, 5) is 12.7. The van der Waals surface area contributed by atoms with Crippen molar-refractivity contribution in [3.05, 3.63) is 23.0 Å². The number of rotatable bonds is 2. The first kappa shape index (κ1) is 14.0. The maximum absolute atomic E-state index is 13.1. The van der Waals surface area contributed by atoms with Gasteiger partial charge in [-0.1, -0.05) is 11.6 Å². The highest BCUT2D eigenvalue weighted by Crippen LogP contribution is 2.33. The molecular weight excluding hydrogens is 302 g/mol.